The molecule has 1 aromatic heterocycles. The van der Waals surface area contributed by atoms with Crippen LogP contribution in [0, 0.1) is 0 Å². The van der Waals surface area contributed by atoms with E-state index in [9.17, 15) is 4.79 Å². The molecule has 6 heteroatoms. The van der Waals surface area contributed by atoms with Crippen molar-refractivity contribution in [1.82, 2.24) is 20.6 Å². The molecular weight excluding hydrogens is 218 g/mol. The van der Waals surface area contributed by atoms with Gasteiger partial charge in [0.1, 0.15) is 6.04 Å². The third-order valence-electron chi connectivity index (χ3n) is 2.73. The van der Waals surface area contributed by atoms with Crippen molar-refractivity contribution in [2.45, 2.75) is 12.5 Å². The van der Waals surface area contributed by atoms with Crippen molar-refractivity contribution in [1.29, 1.82) is 0 Å². The minimum Gasteiger partial charge on any atom is -0.327 e. The molecule has 0 spiro atoms. The van der Waals surface area contributed by atoms with E-state index < -0.39 is 6.04 Å². The number of fused-ring (bicyclic) bond motifs is 1. The van der Waals surface area contributed by atoms with E-state index >= 15 is 0 Å². The smallest absolute Gasteiger partial charge is 0.249 e. The summed E-state index contributed by atoms with van der Waals surface area (Å²) in [5.74, 6) is 0.935. The van der Waals surface area contributed by atoms with Crippen LogP contribution in [0.15, 0.2) is 23.5 Å². The van der Waals surface area contributed by atoms with E-state index in [4.69, 9.17) is 0 Å². The van der Waals surface area contributed by atoms with Gasteiger partial charge in [0.15, 0.2) is 11.6 Å². The van der Waals surface area contributed by atoms with E-state index in [2.05, 4.69) is 32.2 Å². The van der Waals surface area contributed by atoms with Crippen LogP contribution in [-0.2, 0) is 11.2 Å². The third kappa shape index (κ3) is 1.72. The van der Waals surface area contributed by atoms with Crippen molar-refractivity contribution in [3.05, 3.63) is 29.9 Å². The monoisotopic (exact) mass is 229 g/mol. The van der Waals surface area contributed by atoms with Crippen LogP contribution >= 0.6 is 0 Å². The fourth-order valence-corrected chi connectivity index (χ4v) is 1.85. The molecular formula is C11H11N5O. The van der Waals surface area contributed by atoms with Gasteiger partial charge >= 0.3 is 0 Å². The van der Waals surface area contributed by atoms with E-state index in [1.54, 1.807) is 12.4 Å². The Balaban J connectivity index is 1.91. The van der Waals surface area contributed by atoms with Gasteiger partial charge in [0, 0.05) is 36.6 Å². The molecule has 0 aromatic carbocycles. The van der Waals surface area contributed by atoms with Crippen molar-refractivity contribution in [3.63, 3.8) is 0 Å². The Labute approximate surface area is 97.9 Å². The zero-order chi connectivity index (χ0) is 11.8. The molecule has 0 radical (unpaired) electrons. The molecule has 1 amide bonds. The van der Waals surface area contributed by atoms with Crippen LogP contribution in [0.3, 0.4) is 0 Å². The van der Waals surface area contributed by atoms with Crippen LogP contribution in [0.4, 0.5) is 5.82 Å². The first-order valence-electron chi connectivity index (χ1n) is 5.34. The summed E-state index contributed by atoms with van der Waals surface area (Å²) >= 11 is 0. The zero-order valence-corrected chi connectivity index (χ0v) is 9.10. The zero-order valence-electron chi connectivity index (χ0n) is 9.10. The van der Waals surface area contributed by atoms with E-state index in [1.807, 2.05) is 0 Å². The average molecular weight is 229 g/mol. The normalized spacial score (nSPS) is 22.5. The SMILES string of the molecule is C=C1CNC(c2ncc3c(n2)N=CC3)C(=O)N1. The maximum atomic E-state index is 11.8. The summed E-state index contributed by atoms with van der Waals surface area (Å²) in [4.78, 5) is 24.4. The first-order chi connectivity index (χ1) is 8.24. The minimum atomic E-state index is -0.526. The number of aromatic nitrogens is 2. The molecule has 0 bridgehead atoms. The third-order valence-corrected chi connectivity index (χ3v) is 2.73. The lowest BCUT2D eigenvalue weighted by Crippen LogP contribution is -2.46. The summed E-state index contributed by atoms with van der Waals surface area (Å²) in [6, 6.07) is -0.526. The Kier molecular flexibility index (Phi) is 2.22. The molecule has 3 heterocycles. The Morgan fingerprint density at radius 1 is 1.47 bits per heavy atom. The van der Waals surface area contributed by atoms with Gasteiger partial charge in [-0.25, -0.2) is 15.0 Å². The summed E-state index contributed by atoms with van der Waals surface area (Å²) in [7, 11) is 0. The maximum absolute atomic E-state index is 11.8. The molecule has 0 saturated carbocycles. The van der Waals surface area contributed by atoms with Gasteiger partial charge in [-0.2, -0.15) is 0 Å². The molecule has 1 unspecified atom stereocenters. The molecule has 2 N–H and O–H groups in total. The van der Waals surface area contributed by atoms with Gasteiger partial charge < -0.3 is 5.32 Å². The lowest BCUT2D eigenvalue weighted by atomic mass is 10.2. The standard InChI is InChI=1S/C11H11N5O/c1-6-4-13-8(11(17)15-6)10-14-5-7-2-3-12-9(7)16-10/h3,5,8,13H,1-2,4H2,(H,15,17). The van der Waals surface area contributed by atoms with Crippen molar-refractivity contribution < 1.29 is 4.79 Å². The minimum absolute atomic E-state index is 0.178. The van der Waals surface area contributed by atoms with Crippen LogP contribution in [0.25, 0.3) is 0 Å². The summed E-state index contributed by atoms with van der Waals surface area (Å²) in [6.45, 7) is 4.22. The molecule has 3 rings (SSSR count). The van der Waals surface area contributed by atoms with Crippen LogP contribution in [0.5, 0.6) is 0 Å². The number of hydrogen-bond acceptors (Lipinski definition) is 5. The van der Waals surface area contributed by atoms with Crippen molar-refractivity contribution in [3.8, 4) is 0 Å². The fourth-order valence-electron chi connectivity index (χ4n) is 1.85. The number of rotatable bonds is 1. The highest BCUT2D eigenvalue weighted by atomic mass is 16.2. The molecule has 1 atom stereocenters. The second-order valence-electron chi connectivity index (χ2n) is 4.00. The molecule has 1 saturated heterocycles. The number of carbonyl (C=O) groups is 1. The quantitative estimate of drug-likeness (QED) is 0.711. The Morgan fingerprint density at radius 3 is 3.18 bits per heavy atom. The van der Waals surface area contributed by atoms with Crippen LogP contribution in [0.1, 0.15) is 17.4 Å². The highest BCUT2D eigenvalue weighted by Gasteiger charge is 2.28. The average Bonchev–Trinajstić information content (AvgIpc) is 2.75. The number of aliphatic imine (C=N–C) groups is 1. The predicted molar refractivity (Wildman–Crippen MR) is 61.9 cm³/mol. The number of nitrogens with zero attached hydrogens (tertiary/aromatic N) is 3. The lowest BCUT2D eigenvalue weighted by molar-refractivity contribution is -0.123. The van der Waals surface area contributed by atoms with E-state index in [-0.39, 0.29) is 5.91 Å². The van der Waals surface area contributed by atoms with E-state index in [1.165, 1.54) is 0 Å². The highest BCUT2D eigenvalue weighted by Crippen LogP contribution is 2.22. The Bertz CT molecular complexity index is 537. The number of nitrogens with one attached hydrogen (secondary N) is 2. The predicted octanol–water partition coefficient (Wildman–Crippen LogP) is 0.00920. The first kappa shape index (κ1) is 10.1. The molecule has 2 aliphatic rings. The Morgan fingerprint density at radius 2 is 2.35 bits per heavy atom. The topological polar surface area (TPSA) is 79.3 Å². The molecule has 6 nitrogen and oxygen atoms in total. The van der Waals surface area contributed by atoms with Gasteiger partial charge in [-0.1, -0.05) is 6.58 Å². The molecule has 1 fully saturated rings. The van der Waals surface area contributed by atoms with Gasteiger partial charge in [-0.3, -0.25) is 10.1 Å². The van der Waals surface area contributed by atoms with Crippen molar-refractivity contribution in [2.24, 2.45) is 4.99 Å². The number of amides is 1. The van der Waals surface area contributed by atoms with Gasteiger partial charge in [-0.05, 0) is 0 Å². The van der Waals surface area contributed by atoms with Crippen molar-refractivity contribution in [2.75, 3.05) is 6.54 Å². The second-order valence-corrected chi connectivity index (χ2v) is 4.00. The van der Waals surface area contributed by atoms with Gasteiger partial charge in [0.2, 0.25) is 5.91 Å². The molecule has 17 heavy (non-hydrogen) atoms. The highest BCUT2D eigenvalue weighted by molar-refractivity contribution is 5.85. The summed E-state index contributed by atoms with van der Waals surface area (Å²) in [5, 5.41) is 5.72. The summed E-state index contributed by atoms with van der Waals surface area (Å²) in [5.41, 5.74) is 1.65. The van der Waals surface area contributed by atoms with Crippen LogP contribution in [0.2, 0.25) is 0 Å². The summed E-state index contributed by atoms with van der Waals surface area (Å²) < 4.78 is 0. The van der Waals surface area contributed by atoms with E-state index in [0.29, 0.717) is 23.9 Å². The van der Waals surface area contributed by atoms with Crippen LogP contribution < -0.4 is 10.6 Å². The lowest BCUT2D eigenvalue weighted by Gasteiger charge is -2.23. The molecule has 86 valence electrons. The fraction of sp³-hybridized carbons (Fsp3) is 0.273. The number of carbonyl (C=O) groups excluding carboxylic acids is 1. The summed E-state index contributed by atoms with van der Waals surface area (Å²) in [6.07, 6.45) is 4.28. The van der Waals surface area contributed by atoms with E-state index in [0.717, 1.165) is 12.0 Å². The first-order valence-corrected chi connectivity index (χ1v) is 5.34. The second kappa shape index (κ2) is 3.74. The number of piperazine rings is 1. The van der Waals surface area contributed by atoms with Crippen molar-refractivity contribution >= 4 is 17.9 Å². The molecule has 1 aromatic rings. The molecule has 0 aliphatic carbocycles. The number of hydrogen-bond donors (Lipinski definition) is 2. The van der Waals surface area contributed by atoms with Gasteiger partial charge in [0.25, 0.3) is 0 Å². The van der Waals surface area contributed by atoms with Gasteiger partial charge in [-0.15, -0.1) is 0 Å². The largest absolute Gasteiger partial charge is 0.327 e. The van der Waals surface area contributed by atoms with Crippen LogP contribution in [-0.4, -0.2) is 28.6 Å². The molecule has 2 aliphatic heterocycles. The maximum Gasteiger partial charge on any atom is 0.249 e. The van der Waals surface area contributed by atoms with Gasteiger partial charge in [0.05, 0.1) is 0 Å². The Hall–Kier alpha value is -2.08.